The number of guanidine groups is 1. The lowest BCUT2D eigenvalue weighted by Gasteiger charge is -2.21. The molecule has 2 N–H and O–H groups in total. The Morgan fingerprint density at radius 2 is 1.82 bits per heavy atom. The standard InChI is InChI=1S/C20H21N5O2S/c1-13(2)14-7-9-15(10-8-14)21-20-22-19-16(17-11-12-25(3)23-17)5-4-6-18(19)28(26,27)24-20/h4-13H,1-3H3,(H2,21,22,24). The number of hydrogen-bond donors (Lipinski definition) is 2. The van der Waals surface area contributed by atoms with Crippen molar-refractivity contribution in [3.63, 3.8) is 0 Å². The maximum Gasteiger partial charge on any atom is 0.287 e. The molecule has 3 aromatic rings. The highest BCUT2D eigenvalue weighted by atomic mass is 32.2. The number of hydrogen-bond acceptors (Lipinski definition) is 5. The molecule has 8 heteroatoms. The van der Waals surface area contributed by atoms with E-state index >= 15 is 0 Å². The third-order valence-corrected chi connectivity index (χ3v) is 5.91. The van der Waals surface area contributed by atoms with Crippen LogP contribution in [0.3, 0.4) is 0 Å². The van der Waals surface area contributed by atoms with Crippen LogP contribution in [0.1, 0.15) is 25.3 Å². The van der Waals surface area contributed by atoms with Gasteiger partial charge in [0.25, 0.3) is 10.0 Å². The summed E-state index contributed by atoms with van der Waals surface area (Å²) < 4.78 is 31.0. The number of anilines is 2. The van der Waals surface area contributed by atoms with Crippen molar-refractivity contribution in [1.82, 2.24) is 9.78 Å². The van der Waals surface area contributed by atoms with E-state index < -0.39 is 10.0 Å². The topological polar surface area (TPSA) is 88.4 Å². The van der Waals surface area contributed by atoms with Gasteiger partial charge in [-0.3, -0.25) is 4.68 Å². The van der Waals surface area contributed by atoms with E-state index in [1.54, 1.807) is 16.8 Å². The van der Waals surface area contributed by atoms with Crippen molar-refractivity contribution < 1.29 is 8.42 Å². The van der Waals surface area contributed by atoms with E-state index in [2.05, 4.69) is 34.0 Å². The summed E-state index contributed by atoms with van der Waals surface area (Å²) in [7, 11) is -2.01. The number of nitrogens with one attached hydrogen (secondary N) is 2. The Morgan fingerprint density at radius 3 is 2.46 bits per heavy atom. The van der Waals surface area contributed by atoms with Crippen LogP contribution in [-0.2, 0) is 17.1 Å². The first kappa shape index (κ1) is 18.2. The number of benzene rings is 2. The Balaban J connectivity index is 1.70. The molecule has 2 aromatic carbocycles. The summed E-state index contributed by atoms with van der Waals surface area (Å²) in [5.41, 5.74) is 3.82. The van der Waals surface area contributed by atoms with Gasteiger partial charge in [-0.25, -0.2) is 0 Å². The van der Waals surface area contributed by atoms with Crippen molar-refractivity contribution in [1.29, 1.82) is 0 Å². The monoisotopic (exact) mass is 395 g/mol. The number of nitrogens with zero attached hydrogens (tertiary/aromatic N) is 3. The van der Waals surface area contributed by atoms with E-state index in [1.807, 2.05) is 49.6 Å². The normalized spacial score (nSPS) is 14.9. The minimum absolute atomic E-state index is 0.136. The van der Waals surface area contributed by atoms with E-state index in [0.717, 1.165) is 5.69 Å². The first-order valence-electron chi connectivity index (χ1n) is 8.95. The van der Waals surface area contributed by atoms with Gasteiger partial charge in [0.2, 0.25) is 5.96 Å². The molecule has 2 heterocycles. The zero-order valence-electron chi connectivity index (χ0n) is 15.8. The second-order valence-corrected chi connectivity index (χ2v) is 8.57. The maximum absolute atomic E-state index is 12.7. The Labute approximate surface area is 164 Å². The van der Waals surface area contributed by atoms with Gasteiger partial charge in [-0.05, 0) is 35.7 Å². The summed E-state index contributed by atoms with van der Waals surface area (Å²) in [6, 6.07) is 14.8. The van der Waals surface area contributed by atoms with Gasteiger partial charge in [-0.2, -0.15) is 13.5 Å². The lowest BCUT2D eigenvalue weighted by Crippen LogP contribution is -2.28. The third-order valence-electron chi connectivity index (χ3n) is 4.59. The molecule has 144 valence electrons. The van der Waals surface area contributed by atoms with Crippen LogP contribution in [0.2, 0.25) is 0 Å². The van der Waals surface area contributed by atoms with Gasteiger partial charge in [0, 0.05) is 24.5 Å². The molecule has 0 saturated heterocycles. The SMILES string of the molecule is CC(C)c1ccc(NC2=NS(=O)(=O)c3cccc(-c4ccn(C)n4)c3N2)cc1. The number of sulfonamides is 1. The summed E-state index contributed by atoms with van der Waals surface area (Å²) in [5.74, 6) is 0.584. The quantitative estimate of drug-likeness (QED) is 0.704. The van der Waals surface area contributed by atoms with Crippen molar-refractivity contribution in [2.75, 3.05) is 10.6 Å². The summed E-state index contributed by atoms with van der Waals surface area (Å²) in [6.45, 7) is 4.25. The molecule has 0 fully saturated rings. The van der Waals surface area contributed by atoms with Crippen molar-refractivity contribution in [2.24, 2.45) is 11.4 Å². The van der Waals surface area contributed by atoms with Crippen molar-refractivity contribution in [2.45, 2.75) is 24.7 Å². The van der Waals surface area contributed by atoms with Crippen LogP contribution in [0.5, 0.6) is 0 Å². The smallest absolute Gasteiger partial charge is 0.287 e. The number of para-hydroxylation sites is 1. The molecule has 28 heavy (non-hydrogen) atoms. The summed E-state index contributed by atoms with van der Waals surface area (Å²) in [6.07, 6.45) is 1.82. The predicted molar refractivity (Wildman–Crippen MR) is 111 cm³/mol. The minimum atomic E-state index is -3.83. The van der Waals surface area contributed by atoms with E-state index in [4.69, 9.17) is 0 Å². The predicted octanol–water partition coefficient (Wildman–Crippen LogP) is 3.79. The Kier molecular flexibility index (Phi) is 4.43. The number of fused-ring (bicyclic) bond motifs is 1. The fourth-order valence-corrected chi connectivity index (χ4v) is 4.20. The van der Waals surface area contributed by atoms with Gasteiger partial charge in [0.15, 0.2) is 0 Å². The van der Waals surface area contributed by atoms with Gasteiger partial charge < -0.3 is 10.6 Å². The first-order valence-corrected chi connectivity index (χ1v) is 10.4. The van der Waals surface area contributed by atoms with Gasteiger partial charge in [-0.1, -0.05) is 38.1 Å². The van der Waals surface area contributed by atoms with Crippen LogP contribution >= 0.6 is 0 Å². The average Bonchev–Trinajstić information content (AvgIpc) is 3.07. The van der Waals surface area contributed by atoms with Crippen molar-refractivity contribution >= 4 is 27.4 Å². The highest BCUT2D eigenvalue weighted by Crippen LogP contribution is 2.36. The lowest BCUT2D eigenvalue weighted by molar-refractivity contribution is 0.598. The summed E-state index contributed by atoms with van der Waals surface area (Å²) >= 11 is 0. The van der Waals surface area contributed by atoms with Crippen LogP contribution in [-0.4, -0.2) is 24.2 Å². The highest BCUT2D eigenvalue weighted by Gasteiger charge is 2.28. The fraction of sp³-hybridized carbons (Fsp3) is 0.200. The molecule has 7 nitrogen and oxygen atoms in total. The molecule has 0 atom stereocenters. The Morgan fingerprint density at radius 1 is 1.07 bits per heavy atom. The van der Waals surface area contributed by atoms with Gasteiger partial charge in [0.05, 0.1) is 11.4 Å². The lowest BCUT2D eigenvalue weighted by atomic mass is 10.0. The molecule has 0 radical (unpaired) electrons. The largest absolute Gasteiger partial charge is 0.325 e. The van der Waals surface area contributed by atoms with Crippen LogP contribution in [0, 0.1) is 0 Å². The van der Waals surface area contributed by atoms with Gasteiger partial charge >= 0.3 is 0 Å². The molecule has 0 unspecified atom stereocenters. The summed E-state index contributed by atoms with van der Waals surface area (Å²) in [4.78, 5) is 0.136. The van der Waals surface area contributed by atoms with Crippen molar-refractivity contribution in [3.05, 3.63) is 60.3 Å². The second-order valence-electron chi connectivity index (χ2n) is 7.00. The van der Waals surface area contributed by atoms with Crippen LogP contribution in [0.4, 0.5) is 11.4 Å². The third kappa shape index (κ3) is 3.38. The average molecular weight is 395 g/mol. The molecule has 4 rings (SSSR count). The molecular weight excluding hydrogens is 374 g/mol. The molecule has 1 aromatic heterocycles. The zero-order chi connectivity index (χ0) is 19.9. The molecule has 1 aliphatic rings. The van der Waals surface area contributed by atoms with Crippen LogP contribution in [0.25, 0.3) is 11.3 Å². The van der Waals surface area contributed by atoms with E-state index in [9.17, 15) is 8.42 Å². The number of rotatable bonds is 3. The minimum Gasteiger partial charge on any atom is -0.325 e. The van der Waals surface area contributed by atoms with E-state index in [1.165, 1.54) is 5.56 Å². The molecule has 1 aliphatic heterocycles. The molecule has 0 spiro atoms. The zero-order valence-corrected chi connectivity index (χ0v) is 16.7. The number of aryl methyl sites for hydroxylation is 1. The second kappa shape index (κ2) is 6.79. The molecule has 0 saturated carbocycles. The Hall–Kier alpha value is -3.13. The molecule has 0 bridgehead atoms. The summed E-state index contributed by atoms with van der Waals surface area (Å²) in [5, 5.41) is 10.6. The molecule has 0 amide bonds. The van der Waals surface area contributed by atoms with E-state index in [0.29, 0.717) is 22.9 Å². The van der Waals surface area contributed by atoms with Gasteiger partial charge in [-0.15, -0.1) is 4.40 Å². The fourth-order valence-electron chi connectivity index (χ4n) is 3.10. The van der Waals surface area contributed by atoms with E-state index in [-0.39, 0.29) is 10.9 Å². The van der Waals surface area contributed by atoms with Crippen LogP contribution in [0.15, 0.2) is 64.0 Å². The van der Waals surface area contributed by atoms with Crippen LogP contribution < -0.4 is 10.6 Å². The number of aromatic nitrogens is 2. The highest BCUT2D eigenvalue weighted by molar-refractivity contribution is 7.90. The van der Waals surface area contributed by atoms with Gasteiger partial charge in [0.1, 0.15) is 4.90 Å². The molecule has 0 aliphatic carbocycles. The maximum atomic E-state index is 12.7. The first-order chi connectivity index (χ1) is 13.3. The molecular formula is C20H21N5O2S. The Bertz CT molecular complexity index is 1160. The van der Waals surface area contributed by atoms with Crippen molar-refractivity contribution in [3.8, 4) is 11.3 Å².